The van der Waals surface area contributed by atoms with Gasteiger partial charge < -0.3 is 19.4 Å². The molecule has 5 rings (SSSR count). The minimum Gasteiger partial charge on any atom is -0.469 e. The van der Waals surface area contributed by atoms with Gasteiger partial charge in [-0.1, -0.05) is 36.4 Å². The molecule has 1 aromatic heterocycles. The van der Waals surface area contributed by atoms with Gasteiger partial charge in [-0.25, -0.2) is 4.98 Å². The summed E-state index contributed by atoms with van der Waals surface area (Å²) in [4.78, 5) is 16.5. The zero-order valence-electron chi connectivity index (χ0n) is 20.2. The number of carbonyl (C=O) groups is 1. The molecule has 6 nitrogen and oxygen atoms in total. The standard InChI is InChI=1S/C28H26F3N3O3/c1-36-25(35)16-8-18-7-15-24-23(17-18)33-27(32-21-11-13-22(14-12-21)37-28(29,30)31)34(24)26(20-9-10-20)19-5-3-2-4-6-19/h2-7,11-15,17,20,26H,8-10,16H2,1H3,(H,32,33)/t26-/m0/s1. The molecule has 1 aliphatic rings. The highest BCUT2D eigenvalue weighted by Crippen LogP contribution is 2.46. The van der Waals surface area contributed by atoms with E-state index in [-0.39, 0.29) is 24.2 Å². The van der Waals surface area contributed by atoms with Crippen molar-refractivity contribution in [2.75, 3.05) is 12.4 Å². The van der Waals surface area contributed by atoms with Gasteiger partial charge in [0.05, 0.1) is 24.2 Å². The van der Waals surface area contributed by atoms with Crippen LogP contribution in [0.3, 0.4) is 0 Å². The number of ether oxygens (including phenoxy) is 2. The van der Waals surface area contributed by atoms with Crippen molar-refractivity contribution in [1.82, 2.24) is 9.55 Å². The van der Waals surface area contributed by atoms with E-state index in [9.17, 15) is 18.0 Å². The number of methoxy groups -OCH3 is 1. The van der Waals surface area contributed by atoms with Gasteiger partial charge in [0.2, 0.25) is 5.95 Å². The van der Waals surface area contributed by atoms with Crippen LogP contribution in [0.5, 0.6) is 5.75 Å². The normalized spacial score (nSPS) is 14.4. The number of halogens is 3. The molecule has 1 aliphatic carbocycles. The van der Waals surface area contributed by atoms with Gasteiger partial charge in [-0.2, -0.15) is 0 Å². The molecule has 37 heavy (non-hydrogen) atoms. The first-order valence-electron chi connectivity index (χ1n) is 12.1. The van der Waals surface area contributed by atoms with E-state index in [1.165, 1.54) is 31.4 Å². The number of nitrogens with one attached hydrogen (secondary N) is 1. The zero-order chi connectivity index (χ0) is 26.0. The number of anilines is 2. The minimum atomic E-state index is -4.75. The lowest BCUT2D eigenvalue weighted by molar-refractivity contribution is -0.274. The molecule has 192 valence electrons. The maximum absolute atomic E-state index is 12.6. The Balaban J connectivity index is 1.53. The molecule has 3 aromatic carbocycles. The fourth-order valence-electron chi connectivity index (χ4n) is 4.58. The number of hydrogen-bond acceptors (Lipinski definition) is 5. The molecule has 1 atom stereocenters. The lowest BCUT2D eigenvalue weighted by atomic mass is 10.0. The molecule has 1 saturated carbocycles. The van der Waals surface area contributed by atoms with Crippen LogP contribution < -0.4 is 10.1 Å². The number of aryl methyl sites for hydroxylation is 1. The van der Waals surface area contributed by atoms with Gasteiger partial charge in [0.15, 0.2) is 0 Å². The Labute approximate surface area is 212 Å². The highest BCUT2D eigenvalue weighted by Gasteiger charge is 2.36. The lowest BCUT2D eigenvalue weighted by Crippen LogP contribution is -2.17. The average Bonchev–Trinajstić information content (AvgIpc) is 3.66. The number of alkyl halides is 3. The summed E-state index contributed by atoms with van der Waals surface area (Å²) in [6.45, 7) is 0. The number of fused-ring (bicyclic) bond motifs is 1. The summed E-state index contributed by atoms with van der Waals surface area (Å²) in [5, 5.41) is 3.30. The third-order valence-corrected chi connectivity index (χ3v) is 6.43. The van der Waals surface area contributed by atoms with Crippen LogP contribution in [0.1, 0.15) is 36.4 Å². The lowest BCUT2D eigenvalue weighted by Gasteiger charge is -2.23. The Hall–Kier alpha value is -4.01. The van der Waals surface area contributed by atoms with Crippen LogP contribution in [-0.2, 0) is 16.0 Å². The van der Waals surface area contributed by atoms with E-state index in [1.54, 1.807) is 0 Å². The van der Waals surface area contributed by atoms with Crippen LogP contribution in [0.15, 0.2) is 72.8 Å². The van der Waals surface area contributed by atoms with E-state index in [4.69, 9.17) is 9.72 Å². The van der Waals surface area contributed by atoms with Gasteiger partial charge in [0, 0.05) is 12.1 Å². The first-order valence-corrected chi connectivity index (χ1v) is 12.1. The van der Waals surface area contributed by atoms with Gasteiger partial charge >= 0.3 is 12.3 Å². The Bertz CT molecular complexity index is 1380. The molecule has 4 aromatic rings. The van der Waals surface area contributed by atoms with E-state index < -0.39 is 6.36 Å². The van der Waals surface area contributed by atoms with Crippen LogP contribution in [0.4, 0.5) is 24.8 Å². The van der Waals surface area contributed by atoms with Crippen molar-refractivity contribution in [1.29, 1.82) is 0 Å². The second kappa shape index (κ2) is 10.2. The molecule has 1 fully saturated rings. The highest BCUT2D eigenvalue weighted by molar-refractivity contribution is 5.81. The van der Waals surface area contributed by atoms with Crippen molar-refractivity contribution in [3.8, 4) is 5.75 Å². The predicted octanol–water partition coefficient (Wildman–Crippen LogP) is 6.78. The summed E-state index contributed by atoms with van der Waals surface area (Å²) >= 11 is 0. The van der Waals surface area contributed by atoms with E-state index in [1.807, 2.05) is 36.4 Å². The summed E-state index contributed by atoms with van der Waals surface area (Å²) < 4.78 is 48.6. The maximum Gasteiger partial charge on any atom is 0.573 e. The molecule has 0 radical (unpaired) electrons. The van der Waals surface area contributed by atoms with Gasteiger partial charge in [-0.15, -0.1) is 13.2 Å². The third kappa shape index (κ3) is 5.87. The number of rotatable bonds is 9. The number of hydrogen-bond donors (Lipinski definition) is 1. The Kier molecular flexibility index (Phi) is 6.78. The molecule has 0 aliphatic heterocycles. The molecule has 0 spiro atoms. The van der Waals surface area contributed by atoms with Crippen LogP contribution in [0, 0.1) is 5.92 Å². The maximum atomic E-state index is 12.6. The number of esters is 1. The highest BCUT2D eigenvalue weighted by atomic mass is 19.4. The molecule has 1 heterocycles. The molecule has 9 heteroatoms. The van der Waals surface area contributed by atoms with Crippen LogP contribution in [-0.4, -0.2) is 29.0 Å². The van der Waals surface area contributed by atoms with Crippen LogP contribution in [0.2, 0.25) is 0 Å². The predicted molar refractivity (Wildman–Crippen MR) is 134 cm³/mol. The molecular weight excluding hydrogens is 483 g/mol. The molecule has 1 N–H and O–H groups in total. The van der Waals surface area contributed by atoms with E-state index in [0.29, 0.717) is 24.0 Å². The average molecular weight is 510 g/mol. The monoisotopic (exact) mass is 509 g/mol. The van der Waals surface area contributed by atoms with Gasteiger partial charge in [-0.05, 0) is 72.7 Å². The summed E-state index contributed by atoms with van der Waals surface area (Å²) in [6, 6.07) is 21.8. The first-order chi connectivity index (χ1) is 17.8. The SMILES string of the molecule is COC(=O)CCc1ccc2c(c1)nc(Nc1ccc(OC(F)(F)F)cc1)n2[C@@H](c1ccccc1)C1CC1. The Morgan fingerprint density at radius 3 is 2.46 bits per heavy atom. The van der Waals surface area contributed by atoms with E-state index in [2.05, 4.69) is 26.8 Å². The summed E-state index contributed by atoms with van der Waals surface area (Å²) in [6.07, 6.45) is -1.75. The number of benzene rings is 3. The van der Waals surface area contributed by atoms with E-state index >= 15 is 0 Å². The number of imidazole rings is 1. The molecule has 0 amide bonds. The summed E-state index contributed by atoms with van der Waals surface area (Å²) in [7, 11) is 1.37. The second-order valence-corrected chi connectivity index (χ2v) is 9.09. The number of nitrogens with zero attached hydrogens (tertiary/aromatic N) is 2. The van der Waals surface area contributed by atoms with Crippen molar-refractivity contribution in [3.05, 3.63) is 83.9 Å². The summed E-state index contributed by atoms with van der Waals surface area (Å²) in [5.41, 5.74) is 4.41. The molecule has 0 unspecified atom stereocenters. The van der Waals surface area contributed by atoms with Crippen molar-refractivity contribution >= 4 is 28.6 Å². The van der Waals surface area contributed by atoms with Crippen LogP contribution >= 0.6 is 0 Å². The van der Waals surface area contributed by atoms with Gasteiger partial charge in [0.1, 0.15) is 5.75 Å². The topological polar surface area (TPSA) is 65.4 Å². The molecule has 0 saturated heterocycles. The largest absolute Gasteiger partial charge is 0.573 e. The molecule has 0 bridgehead atoms. The minimum absolute atomic E-state index is 0.0439. The Morgan fingerprint density at radius 2 is 1.81 bits per heavy atom. The fourth-order valence-corrected chi connectivity index (χ4v) is 4.58. The second-order valence-electron chi connectivity index (χ2n) is 9.09. The zero-order valence-corrected chi connectivity index (χ0v) is 20.2. The van der Waals surface area contributed by atoms with E-state index in [0.717, 1.165) is 35.0 Å². The Morgan fingerprint density at radius 1 is 1.08 bits per heavy atom. The van der Waals surface area contributed by atoms with Crippen molar-refractivity contribution < 1.29 is 27.4 Å². The first kappa shape index (κ1) is 24.7. The molecular formula is C28H26F3N3O3. The number of carbonyl (C=O) groups excluding carboxylic acids is 1. The quantitative estimate of drug-likeness (QED) is 0.252. The van der Waals surface area contributed by atoms with Crippen LogP contribution in [0.25, 0.3) is 11.0 Å². The van der Waals surface area contributed by atoms with Crippen molar-refractivity contribution in [2.24, 2.45) is 5.92 Å². The summed E-state index contributed by atoms with van der Waals surface area (Å²) in [5.74, 6) is 0.470. The van der Waals surface area contributed by atoms with Crippen molar-refractivity contribution in [3.63, 3.8) is 0 Å². The smallest absolute Gasteiger partial charge is 0.469 e. The van der Waals surface area contributed by atoms with Gasteiger partial charge in [-0.3, -0.25) is 4.79 Å². The fraction of sp³-hybridized carbons (Fsp3) is 0.286. The van der Waals surface area contributed by atoms with Crippen molar-refractivity contribution in [2.45, 2.75) is 38.1 Å². The van der Waals surface area contributed by atoms with Gasteiger partial charge in [0.25, 0.3) is 0 Å². The number of aromatic nitrogens is 2. The third-order valence-electron chi connectivity index (χ3n) is 6.43.